The highest BCUT2D eigenvalue weighted by molar-refractivity contribution is 7.99. The van der Waals surface area contributed by atoms with E-state index in [9.17, 15) is 9.90 Å². The molecule has 1 N–H and O–H groups in total. The number of thioether (sulfide) groups is 1. The van der Waals surface area contributed by atoms with E-state index < -0.39 is 6.23 Å². The number of hydrogen-bond donors (Lipinski definition) is 1. The molecule has 22 heavy (non-hydrogen) atoms. The summed E-state index contributed by atoms with van der Waals surface area (Å²) in [4.78, 5) is 19.0. The van der Waals surface area contributed by atoms with E-state index in [0.29, 0.717) is 12.1 Å². The fourth-order valence-corrected chi connectivity index (χ4v) is 3.48. The number of aliphatic hydroxyl groups excluding tert-OH is 1. The smallest absolute Gasteiger partial charge is 0.256 e. The van der Waals surface area contributed by atoms with E-state index in [-0.39, 0.29) is 5.91 Å². The Balaban J connectivity index is 1.46. The highest BCUT2D eigenvalue weighted by atomic mass is 32.2. The summed E-state index contributed by atoms with van der Waals surface area (Å²) in [6.45, 7) is 0.589. The molecule has 0 saturated heterocycles. The largest absolute Gasteiger partial charge is 0.369 e. The Morgan fingerprint density at radius 3 is 2.68 bits per heavy atom. The topological polar surface area (TPSA) is 53.4 Å². The summed E-state index contributed by atoms with van der Waals surface area (Å²) in [5.74, 6) is 0.930. The molecular formula is C17H18N2O2S. The highest BCUT2D eigenvalue weighted by Gasteiger charge is 2.34. The van der Waals surface area contributed by atoms with Gasteiger partial charge in [-0.3, -0.25) is 9.78 Å². The lowest BCUT2D eigenvalue weighted by molar-refractivity contribution is 0.0172. The van der Waals surface area contributed by atoms with Crippen LogP contribution in [0.25, 0.3) is 0 Å². The number of amides is 1. The van der Waals surface area contributed by atoms with Gasteiger partial charge >= 0.3 is 0 Å². The minimum atomic E-state index is -0.795. The molecule has 1 aromatic heterocycles. The van der Waals surface area contributed by atoms with Gasteiger partial charge in [-0.05, 0) is 36.8 Å². The standard InChI is InChI=1S/C17H18N2O2S/c20-16-14-5-1-2-6-15(14)17(21)19(16)11-3-4-12-22-13-7-9-18-10-8-13/h1-2,5-10,16,20H,3-4,11-12H2. The molecule has 5 heteroatoms. The summed E-state index contributed by atoms with van der Waals surface area (Å²) in [5.41, 5.74) is 1.35. The predicted octanol–water partition coefficient (Wildman–Crippen LogP) is 3.10. The maximum absolute atomic E-state index is 12.2. The van der Waals surface area contributed by atoms with Crippen LogP contribution in [-0.2, 0) is 0 Å². The minimum Gasteiger partial charge on any atom is -0.369 e. The second-order valence-corrected chi connectivity index (χ2v) is 6.37. The molecule has 1 unspecified atom stereocenters. The van der Waals surface area contributed by atoms with Crippen LogP contribution in [-0.4, -0.2) is 33.2 Å². The van der Waals surface area contributed by atoms with Crippen LogP contribution in [0.5, 0.6) is 0 Å². The van der Waals surface area contributed by atoms with E-state index in [0.717, 1.165) is 24.2 Å². The van der Waals surface area contributed by atoms with Gasteiger partial charge in [0.1, 0.15) is 0 Å². The molecule has 1 atom stereocenters. The van der Waals surface area contributed by atoms with Crippen molar-refractivity contribution < 1.29 is 9.90 Å². The van der Waals surface area contributed by atoms with Crippen LogP contribution in [0, 0.1) is 0 Å². The second kappa shape index (κ2) is 6.94. The number of unbranched alkanes of at least 4 members (excludes halogenated alkanes) is 1. The zero-order valence-corrected chi connectivity index (χ0v) is 13.0. The summed E-state index contributed by atoms with van der Waals surface area (Å²) in [6, 6.07) is 11.3. The fourth-order valence-electron chi connectivity index (χ4n) is 2.58. The van der Waals surface area contributed by atoms with Crippen molar-refractivity contribution in [2.24, 2.45) is 0 Å². The van der Waals surface area contributed by atoms with Crippen molar-refractivity contribution in [1.29, 1.82) is 0 Å². The average molecular weight is 314 g/mol. The summed E-state index contributed by atoms with van der Waals surface area (Å²) in [6.07, 6.45) is 4.67. The van der Waals surface area contributed by atoms with Gasteiger partial charge in [0, 0.05) is 35.0 Å². The lowest BCUT2D eigenvalue weighted by atomic mass is 10.1. The molecule has 2 aromatic rings. The van der Waals surface area contributed by atoms with Crippen molar-refractivity contribution in [1.82, 2.24) is 9.88 Å². The summed E-state index contributed by atoms with van der Waals surface area (Å²) >= 11 is 1.79. The first kappa shape index (κ1) is 15.1. The summed E-state index contributed by atoms with van der Waals surface area (Å²) in [5, 5.41) is 10.2. The third kappa shape index (κ3) is 3.15. The van der Waals surface area contributed by atoms with Crippen LogP contribution >= 0.6 is 11.8 Å². The van der Waals surface area contributed by atoms with Crippen LogP contribution in [0.4, 0.5) is 0 Å². The van der Waals surface area contributed by atoms with E-state index in [4.69, 9.17) is 0 Å². The molecule has 0 bridgehead atoms. The lowest BCUT2D eigenvalue weighted by Gasteiger charge is -2.20. The van der Waals surface area contributed by atoms with Gasteiger partial charge in [0.25, 0.3) is 5.91 Å². The van der Waals surface area contributed by atoms with E-state index in [1.807, 2.05) is 30.3 Å². The van der Waals surface area contributed by atoms with Crippen LogP contribution in [0.3, 0.4) is 0 Å². The molecule has 1 aromatic carbocycles. The number of carbonyl (C=O) groups is 1. The Morgan fingerprint density at radius 2 is 1.91 bits per heavy atom. The molecule has 3 rings (SSSR count). The summed E-state index contributed by atoms with van der Waals surface area (Å²) < 4.78 is 0. The number of hydrogen-bond acceptors (Lipinski definition) is 4. The van der Waals surface area contributed by atoms with E-state index in [1.54, 1.807) is 35.1 Å². The van der Waals surface area contributed by atoms with Gasteiger partial charge in [-0.1, -0.05) is 18.2 Å². The molecule has 0 saturated carbocycles. The highest BCUT2D eigenvalue weighted by Crippen LogP contribution is 2.31. The third-order valence-corrected chi connectivity index (χ3v) is 4.84. The first-order valence-electron chi connectivity index (χ1n) is 7.38. The molecule has 2 heterocycles. The average Bonchev–Trinajstić information content (AvgIpc) is 2.81. The zero-order chi connectivity index (χ0) is 15.4. The normalized spacial score (nSPS) is 16.9. The minimum absolute atomic E-state index is 0.0649. The second-order valence-electron chi connectivity index (χ2n) is 5.20. The maximum Gasteiger partial charge on any atom is 0.256 e. The molecule has 0 aliphatic carbocycles. The van der Waals surface area contributed by atoms with Gasteiger partial charge in [-0.15, -0.1) is 11.8 Å². The van der Waals surface area contributed by atoms with Crippen LogP contribution < -0.4 is 0 Å². The van der Waals surface area contributed by atoms with Gasteiger partial charge in [-0.2, -0.15) is 0 Å². The first-order chi connectivity index (χ1) is 10.8. The van der Waals surface area contributed by atoms with Gasteiger partial charge in [0.2, 0.25) is 0 Å². The van der Waals surface area contributed by atoms with Crippen molar-refractivity contribution in [2.45, 2.75) is 24.0 Å². The van der Waals surface area contributed by atoms with E-state index >= 15 is 0 Å². The molecule has 0 spiro atoms. The Kier molecular flexibility index (Phi) is 4.75. The Labute approximate surface area is 134 Å². The predicted molar refractivity (Wildman–Crippen MR) is 86.6 cm³/mol. The number of carbonyl (C=O) groups excluding carboxylic acids is 1. The van der Waals surface area contributed by atoms with Crippen molar-refractivity contribution in [3.8, 4) is 0 Å². The zero-order valence-electron chi connectivity index (χ0n) is 12.2. The molecule has 0 fully saturated rings. The molecule has 4 nitrogen and oxygen atoms in total. The van der Waals surface area contributed by atoms with Gasteiger partial charge in [0.05, 0.1) is 0 Å². The first-order valence-corrected chi connectivity index (χ1v) is 8.37. The van der Waals surface area contributed by atoms with Gasteiger partial charge < -0.3 is 10.0 Å². The van der Waals surface area contributed by atoms with Gasteiger partial charge in [-0.25, -0.2) is 0 Å². The van der Waals surface area contributed by atoms with Crippen molar-refractivity contribution in [3.63, 3.8) is 0 Å². The number of aliphatic hydroxyl groups is 1. The number of aromatic nitrogens is 1. The monoisotopic (exact) mass is 314 g/mol. The van der Waals surface area contributed by atoms with Crippen LogP contribution in [0.2, 0.25) is 0 Å². The Hall–Kier alpha value is -1.85. The molecule has 114 valence electrons. The number of nitrogens with zero attached hydrogens (tertiary/aromatic N) is 2. The lowest BCUT2D eigenvalue weighted by Crippen LogP contribution is -2.29. The van der Waals surface area contributed by atoms with Crippen molar-refractivity contribution in [2.75, 3.05) is 12.3 Å². The quantitative estimate of drug-likeness (QED) is 0.657. The van der Waals surface area contributed by atoms with Crippen molar-refractivity contribution >= 4 is 17.7 Å². The maximum atomic E-state index is 12.2. The number of benzene rings is 1. The van der Waals surface area contributed by atoms with Crippen LogP contribution in [0.15, 0.2) is 53.7 Å². The van der Waals surface area contributed by atoms with Crippen molar-refractivity contribution in [3.05, 3.63) is 59.9 Å². The molecule has 1 aliphatic heterocycles. The number of pyridine rings is 1. The number of fused-ring (bicyclic) bond motifs is 1. The molecule has 1 amide bonds. The van der Waals surface area contributed by atoms with Crippen LogP contribution in [0.1, 0.15) is 35.0 Å². The molecule has 0 radical (unpaired) electrons. The van der Waals surface area contributed by atoms with Gasteiger partial charge in [0.15, 0.2) is 6.23 Å². The third-order valence-electron chi connectivity index (χ3n) is 3.74. The molecular weight excluding hydrogens is 296 g/mol. The van der Waals surface area contributed by atoms with E-state index in [2.05, 4.69) is 4.98 Å². The SMILES string of the molecule is O=C1c2ccccc2C(O)N1CCCCSc1ccncc1. The van der Waals surface area contributed by atoms with E-state index in [1.165, 1.54) is 4.90 Å². The Morgan fingerprint density at radius 1 is 1.14 bits per heavy atom. The molecule has 1 aliphatic rings. The Bertz CT molecular complexity index is 648. The fraction of sp³-hybridized carbons (Fsp3) is 0.294. The number of rotatable bonds is 6. The summed E-state index contributed by atoms with van der Waals surface area (Å²) in [7, 11) is 0.